The summed E-state index contributed by atoms with van der Waals surface area (Å²) >= 11 is 6.05. The Kier molecular flexibility index (Phi) is 5.04. The maximum Gasteiger partial charge on any atom is 0.275 e. The largest absolute Gasteiger partial charge is 0.497 e. The van der Waals surface area contributed by atoms with Gasteiger partial charge in [0.05, 0.1) is 36.8 Å². The van der Waals surface area contributed by atoms with Crippen molar-refractivity contribution in [1.82, 2.24) is 19.6 Å². The lowest BCUT2D eigenvalue weighted by Gasteiger charge is -2.06. The van der Waals surface area contributed by atoms with Crippen LogP contribution in [0.3, 0.4) is 0 Å². The number of aromatic nitrogens is 4. The van der Waals surface area contributed by atoms with Gasteiger partial charge in [-0.15, -0.1) is 0 Å². The van der Waals surface area contributed by atoms with E-state index in [4.69, 9.17) is 16.3 Å². The molecule has 2 aromatic heterocycles. The Labute approximate surface area is 150 Å². The average Bonchev–Trinajstić information content (AvgIpc) is 3.21. The van der Waals surface area contributed by atoms with Crippen LogP contribution in [0.15, 0.2) is 42.9 Å². The second-order valence-electron chi connectivity index (χ2n) is 5.39. The lowest BCUT2D eigenvalue weighted by molar-refractivity contribution is 0.101. The second-order valence-corrected chi connectivity index (χ2v) is 5.80. The monoisotopic (exact) mass is 359 g/mol. The van der Waals surface area contributed by atoms with Crippen LogP contribution >= 0.6 is 11.6 Å². The highest BCUT2D eigenvalue weighted by Crippen LogP contribution is 2.18. The number of nitrogens with one attached hydrogen (secondary N) is 1. The summed E-state index contributed by atoms with van der Waals surface area (Å²) in [5.41, 5.74) is 1.98. The molecule has 130 valence electrons. The maximum atomic E-state index is 12.4. The highest BCUT2D eigenvalue weighted by Gasteiger charge is 2.17. The van der Waals surface area contributed by atoms with Crippen molar-refractivity contribution in [3.63, 3.8) is 0 Å². The number of carbonyl (C=O) groups excluding carboxylic acids is 1. The van der Waals surface area contributed by atoms with E-state index in [1.54, 1.807) is 28.9 Å². The number of amides is 1. The van der Waals surface area contributed by atoms with Gasteiger partial charge in [-0.1, -0.05) is 23.7 Å². The third-order valence-corrected chi connectivity index (χ3v) is 3.96. The van der Waals surface area contributed by atoms with Crippen molar-refractivity contribution < 1.29 is 9.53 Å². The smallest absolute Gasteiger partial charge is 0.275 e. The number of hydrogen-bond acceptors (Lipinski definition) is 4. The molecule has 0 fully saturated rings. The molecule has 0 aliphatic rings. The quantitative estimate of drug-likeness (QED) is 0.734. The van der Waals surface area contributed by atoms with Gasteiger partial charge in [-0.25, -0.2) is 0 Å². The lowest BCUT2D eigenvalue weighted by Crippen LogP contribution is -2.17. The van der Waals surface area contributed by atoms with E-state index in [9.17, 15) is 4.79 Å². The number of hydrogen-bond donors (Lipinski definition) is 1. The molecule has 25 heavy (non-hydrogen) atoms. The number of halogens is 1. The number of benzene rings is 1. The second kappa shape index (κ2) is 7.40. The first kappa shape index (κ1) is 17.0. The fourth-order valence-electron chi connectivity index (χ4n) is 2.49. The summed E-state index contributed by atoms with van der Waals surface area (Å²) in [5.74, 6) is 0.478. The zero-order chi connectivity index (χ0) is 17.8. The van der Waals surface area contributed by atoms with E-state index in [-0.39, 0.29) is 5.91 Å². The Hall–Kier alpha value is -2.80. The molecule has 0 aliphatic carbocycles. The molecule has 0 unspecified atom stereocenters. The van der Waals surface area contributed by atoms with Crippen LogP contribution in [-0.4, -0.2) is 32.6 Å². The molecule has 2 heterocycles. The minimum Gasteiger partial charge on any atom is -0.497 e. The minimum atomic E-state index is -0.315. The Morgan fingerprint density at radius 3 is 2.92 bits per heavy atom. The summed E-state index contributed by atoms with van der Waals surface area (Å²) in [5, 5.41) is 11.5. The van der Waals surface area contributed by atoms with Crippen molar-refractivity contribution in [2.24, 2.45) is 0 Å². The summed E-state index contributed by atoms with van der Waals surface area (Å²) in [6, 6.07) is 7.74. The van der Waals surface area contributed by atoms with E-state index in [1.807, 2.05) is 31.2 Å². The molecule has 7 nitrogen and oxygen atoms in total. The predicted octanol–water partition coefficient (Wildman–Crippen LogP) is 3.06. The van der Waals surface area contributed by atoms with Crippen molar-refractivity contribution >= 4 is 23.2 Å². The van der Waals surface area contributed by atoms with Crippen molar-refractivity contribution in [2.45, 2.75) is 20.0 Å². The molecule has 3 aromatic rings. The average molecular weight is 360 g/mol. The minimum absolute atomic E-state index is 0.315. The summed E-state index contributed by atoms with van der Waals surface area (Å²) in [6.07, 6.45) is 4.82. The van der Waals surface area contributed by atoms with E-state index in [0.29, 0.717) is 29.5 Å². The number of rotatable bonds is 6. The van der Waals surface area contributed by atoms with E-state index < -0.39 is 0 Å². The van der Waals surface area contributed by atoms with Crippen LogP contribution in [0.2, 0.25) is 5.02 Å². The summed E-state index contributed by atoms with van der Waals surface area (Å²) < 4.78 is 8.51. The van der Waals surface area contributed by atoms with Gasteiger partial charge in [0.25, 0.3) is 5.91 Å². The molecule has 0 saturated heterocycles. The van der Waals surface area contributed by atoms with Crippen LogP contribution in [0.1, 0.15) is 23.0 Å². The van der Waals surface area contributed by atoms with E-state index in [1.165, 1.54) is 6.20 Å². The third kappa shape index (κ3) is 3.83. The van der Waals surface area contributed by atoms with Gasteiger partial charge in [0.15, 0.2) is 0 Å². The van der Waals surface area contributed by atoms with Gasteiger partial charge in [-0.05, 0) is 24.6 Å². The molecular weight excluding hydrogens is 342 g/mol. The Morgan fingerprint density at radius 2 is 2.16 bits per heavy atom. The lowest BCUT2D eigenvalue weighted by atomic mass is 10.2. The molecule has 0 saturated carbocycles. The molecular formula is C17H18ClN5O2. The molecule has 1 N–H and O–H groups in total. The maximum absolute atomic E-state index is 12.4. The number of ether oxygens (including phenoxy) is 1. The molecule has 0 radical (unpaired) electrons. The highest BCUT2D eigenvalue weighted by molar-refractivity contribution is 6.34. The van der Waals surface area contributed by atoms with Crippen LogP contribution < -0.4 is 10.1 Å². The van der Waals surface area contributed by atoms with Gasteiger partial charge in [0.2, 0.25) is 0 Å². The summed E-state index contributed by atoms with van der Waals surface area (Å²) in [7, 11) is 1.63. The first-order chi connectivity index (χ1) is 12.1. The number of aryl methyl sites for hydroxylation is 1. The van der Waals surface area contributed by atoms with Crippen LogP contribution in [0, 0.1) is 0 Å². The molecule has 1 aromatic carbocycles. The van der Waals surface area contributed by atoms with Gasteiger partial charge in [0.1, 0.15) is 11.4 Å². The van der Waals surface area contributed by atoms with Crippen LogP contribution in [0.25, 0.3) is 0 Å². The number of carbonyl (C=O) groups is 1. The van der Waals surface area contributed by atoms with E-state index in [2.05, 4.69) is 15.5 Å². The fraction of sp³-hybridized carbons (Fsp3) is 0.235. The van der Waals surface area contributed by atoms with Crippen LogP contribution in [0.5, 0.6) is 5.75 Å². The molecule has 8 heteroatoms. The van der Waals surface area contributed by atoms with Gasteiger partial charge in [0, 0.05) is 12.7 Å². The number of methoxy groups -OCH3 is 1. The molecule has 1 amide bonds. The third-order valence-electron chi connectivity index (χ3n) is 3.68. The molecule has 3 rings (SSSR count). The highest BCUT2D eigenvalue weighted by atomic mass is 35.5. The van der Waals surface area contributed by atoms with Crippen molar-refractivity contribution in [3.8, 4) is 5.75 Å². The first-order valence-electron chi connectivity index (χ1n) is 7.78. The van der Waals surface area contributed by atoms with Gasteiger partial charge < -0.3 is 10.1 Å². The van der Waals surface area contributed by atoms with Crippen molar-refractivity contribution in [2.75, 3.05) is 12.4 Å². The van der Waals surface area contributed by atoms with Gasteiger partial charge >= 0.3 is 0 Å². The Bertz CT molecular complexity index is 887. The topological polar surface area (TPSA) is 74.0 Å². The molecule has 0 spiro atoms. The molecule has 0 bridgehead atoms. The zero-order valence-corrected chi connectivity index (χ0v) is 14.7. The Balaban J connectivity index is 1.71. The van der Waals surface area contributed by atoms with Crippen LogP contribution in [0.4, 0.5) is 5.69 Å². The summed E-state index contributed by atoms with van der Waals surface area (Å²) in [6.45, 7) is 3.03. The van der Waals surface area contributed by atoms with E-state index in [0.717, 1.165) is 11.3 Å². The predicted molar refractivity (Wildman–Crippen MR) is 95.2 cm³/mol. The fourth-order valence-corrected chi connectivity index (χ4v) is 2.72. The standard InChI is InChI=1S/C17H18ClN5O2/c1-3-23-16(15(18)9-20-23)17(24)21-13-8-19-22(11-13)10-12-5-4-6-14(7-12)25-2/h4-9,11H,3,10H2,1-2H3,(H,21,24). The zero-order valence-electron chi connectivity index (χ0n) is 13.9. The number of nitrogens with zero attached hydrogens (tertiary/aromatic N) is 4. The van der Waals surface area contributed by atoms with Crippen LogP contribution in [-0.2, 0) is 13.1 Å². The Morgan fingerprint density at radius 1 is 1.32 bits per heavy atom. The van der Waals surface area contributed by atoms with Gasteiger partial charge in [-0.3, -0.25) is 14.2 Å². The molecule has 0 atom stereocenters. The van der Waals surface area contributed by atoms with Crippen molar-refractivity contribution in [3.05, 3.63) is 59.1 Å². The van der Waals surface area contributed by atoms with Crippen molar-refractivity contribution in [1.29, 1.82) is 0 Å². The summed E-state index contributed by atoms with van der Waals surface area (Å²) in [4.78, 5) is 12.4. The first-order valence-corrected chi connectivity index (χ1v) is 8.16. The molecule has 0 aliphatic heterocycles. The van der Waals surface area contributed by atoms with Gasteiger partial charge in [-0.2, -0.15) is 10.2 Å². The van der Waals surface area contributed by atoms with E-state index >= 15 is 0 Å². The number of anilines is 1. The normalized spacial score (nSPS) is 10.7. The SMILES string of the molecule is CCn1ncc(Cl)c1C(=O)Nc1cnn(Cc2cccc(OC)c2)c1.